The molecule has 3 heteroatoms. The van der Waals surface area contributed by atoms with Crippen LogP contribution in [0.25, 0.3) is 153 Å². The van der Waals surface area contributed by atoms with Crippen LogP contribution in [0.1, 0.15) is 25.0 Å². The summed E-state index contributed by atoms with van der Waals surface area (Å²) < 4.78 is 11.5. The summed E-state index contributed by atoms with van der Waals surface area (Å²) in [6.45, 7) is 4.85. The van der Waals surface area contributed by atoms with Crippen LogP contribution in [0, 0.1) is 0 Å². The minimum atomic E-state index is -0.274. The Balaban J connectivity index is 0.896. The van der Waals surface area contributed by atoms with Gasteiger partial charge in [-0.1, -0.05) is 196 Å². The maximum Gasteiger partial charge on any atom is 0.137 e. The third kappa shape index (κ3) is 5.61. The summed E-state index contributed by atoms with van der Waals surface area (Å²) in [5.74, 6) is 0. The molecular formula is C73H46N2O. The van der Waals surface area contributed by atoms with Crippen LogP contribution in [0.15, 0.2) is 247 Å². The highest BCUT2D eigenvalue weighted by molar-refractivity contribution is 6.29. The van der Waals surface area contributed by atoms with Crippen molar-refractivity contribution in [1.82, 2.24) is 9.13 Å². The van der Waals surface area contributed by atoms with Gasteiger partial charge in [0.15, 0.2) is 0 Å². The molecule has 1 aliphatic carbocycles. The fraction of sp³-hybridized carbons (Fsp3) is 0.0411. The Morgan fingerprint density at radius 2 is 0.882 bits per heavy atom. The number of rotatable bonds is 4. The molecule has 17 rings (SSSR count). The van der Waals surface area contributed by atoms with Gasteiger partial charge < -0.3 is 13.6 Å². The second-order valence-electron chi connectivity index (χ2n) is 21.5. The standard InChI is InChI=1S/C73H46N2O/c1-73(2)61-24-11-9-23-58(61)68-53(47-17-13-18-49(40-47)75-62-37-29-43-14-3-6-19-51(43)67(62)59-33-28-45-16-5-8-21-55(45)72(59)75)35-36-54(71(68)73)48-27-26-46-31-39-64-70(60(46)41-48)69-52-20-7-4-15-44(52)30-38-63(69)74(64)50-32-34-57-56-22-10-12-25-65(56)76-66(57)42-50/h3-42H,1-2H3. The maximum atomic E-state index is 6.50. The number of hydrogen-bond donors (Lipinski definition) is 0. The van der Waals surface area contributed by atoms with Crippen molar-refractivity contribution in [3.05, 3.63) is 254 Å². The van der Waals surface area contributed by atoms with Crippen molar-refractivity contribution in [2.75, 3.05) is 0 Å². The first kappa shape index (κ1) is 41.7. The molecule has 0 atom stereocenters. The predicted molar refractivity (Wildman–Crippen MR) is 321 cm³/mol. The van der Waals surface area contributed by atoms with Gasteiger partial charge >= 0.3 is 0 Å². The smallest absolute Gasteiger partial charge is 0.137 e. The lowest BCUT2D eigenvalue weighted by atomic mass is 9.77. The molecule has 0 saturated heterocycles. The molecular weight excluding hydrogens is 921 g/mol. The molecule has 3 aromatic heterocycles. The van der Waals surface area contributed by atoms with Crippen LogP contribution in [-0.2, 0) is 5.41 Å². The zero-order chi connectivity index (χ0) is 50.0. The zero-order valence-corrected chi connectivity index (χ0v) is 41.9. The van der Waals surface area contributed by atoms with E-state index in [0.29, 0.717) is 0 Å². The van der Waals surface area contributed by atoms with Crippen LogP contribution < -0.4 is 0 Å². The van der Waals surface area contributed by atoms with Gasteiger partial charge in [-0.05, 0) is 137 Å². The van der Waals surface area contributed by atoms with E-state index < -0.39 is 0 Å². The molecule has 0 unspecified atom stereocenters. The van der Waals surface area contributed by atoms with Crippen molar-refractivity contribution in [3.8, 4) is 44.8 Å². The minimum Gasteiger partial charge on any atom is -0.456 e. The Morgan fingerprint density at radius 1 is 0.329 bits per heavy atom. The molecule has 0 spiro atoms. The van der Waals surface area contributed by atoms with Crippen LogP contribution in [0.3, 0.4) is 0 Å². The highest BCUT2D eigenvalue weighted by atomic mass is 16.3. The van der Waals surface area contributed by atoms with E-state index in [0.717, 1.165) is 33.3 Å². The number of para-hydroxylation sites is 1. The van der Waals surface area contributed by atoms with Crippen LogP contribution in [0.5, 0.6) is 0 Å². The molecule has 0 bridgehead atoms. The largest absolute Gasteiger partial charge is 0.456 e. The molecule has 3 nitrogen and oxygen atoms in total. The minimum absolute atomic E-state index is 0.274. The van der Waals surface area contributed by atoms with E-state index in [4.69, 9.17) is 4.42 Å². The van der Waals surface area contributed by atoms with E-state index in [2.05, 4.69) is 260 Å². The third-order valence-corrected chi connectivity index (χ3v) is 17.2. The summed E-state index contributed by atoms with van der Waals surface area (Å²) in [4.78, 5) is 0. The summed E-state index contributed by atoms with van der Waals surface area (Å²) >= 11 is 0. The summed E-state index contributed by atoms with van der Waals surface area (Å²) in [6, 6.07) is 90.3. The average molecular weight is 967 g/mol. The molecule has 0 amide bonds. The van der Waals surface area contributed by atoms with E-state index in [9.17, 15) is 0 Å². The molecule has 1 aliphatic rings. The molecule has 0 saturated carbocycles. The number of fused-ring (bicyclic) bond motifs is 20. The number of hydrogen-bond acceptors (Lipinski definition) is 1. The number of benzene rings is 13. The van der Waals surface area contributed by atoms with Gasteiger partial charge in [-0.25, -0.2) is 0 Å². The highest BCUT2D eigenvalue weighted by Gasteiger charge is 2.39. The molecule has 0 aliphatic heterocycles. The Kier molecular flexibility index (Phi) is 8.34. The fourth-order valence-electron chi connectivity index (χ4n) is 13.9. The topological polar surface area (TPSA) is 23.0 Å². The van der Waals surface area contributed by atoms with Crippen LogP contribution >= 0.6 is 0 Å². The van der Waals surface area contributed by atoms with Gasteiger partial charge in [-0.2, -0.15) is 0 Å². The van der Waals surface area contributed by atoms with Crippen molar-refractivity contribution in [2.24, 2.45) is 0 Å². The maximum absolute atomic E-state index is 6.50. The summed E-state index contributed by atoms with van der Waals surface area (Å²) in [5, 5.41) is 17.3. The normalized spacial score (nSPS) is 13.2. The highest BCUT2D eigenvalue weighted by Crippen LogP contribution is 2.56. The molecule has 76 heavy (non-hydrogen) atoms. The lowest BCUT2D eigenvalue weighted by Crippen LogP contribution is -2.16. The van der Waals surface area contributed by atoms with Crippen molar-refractivity contribution < 1.29 is 4.42 Å². The Bertz CT molecular complexity index is 5210. The Hall–Kier alpha value is -9.70. The van der Waals surface area contributed by atoms with Crippen molar-refractivity contribution in [2.45, 2.75) is 19.3 Å². The second kappa shape index (κ2) is 15.2. The molecule has 3 heterocycles. The van der Waals surface area contributed by atoms with Crippen molar-refractivity contribution in [3.63, 3.8) is 0 Å². The van der Waals surface area contributed by atoms with Gasteiger partial charge in [0.25, 0.3) is 0 Å². The van der Waals surface area contributed by atoms with Crippen LogP contribution in [0.2, 0.25) is 0 Å². The van der Waals surface area contributed by atoms with E-state index in [1.165, 1.54) is 131 Å². The third-order valence-electron chi connectivity index (χ3n) is 17.2. The molecule has 0 N–H and O–H groups in total. The zero-order valence-electron chi connectivity index (χ0n) is 41.9. The Labute approximate surface area is 437 Å². The van der Waals surface area contributed by atoms with E-state index in [-0.39, 0.29) is 5.41 Å². The molecule has 16 aromatic rings. The van der Waals surface area contributed by atoms with Gasteiger partial charge in [-0.3, -0.25) is 0 Å². The lowest BCUT2D eigenvalue weighted by molar-refractivity contribution is 0.662. The number of aromatic nitrogens is 2. The first-order valence-corrected chi connectivity index (χ1v) is 26.5. The number of furan rings is 1. The van der Waals surface area contributed by atoms with Crippen LogP contribution in [-0.4, -0.2) is 9.13 Å². The summed E-state index contributed by atoms with van der Waals surface area (Å²) in [6.07, 6.45) is 0. The molecule has 354 valence electrons. The van der Waals surface area contributed by atoms with Gasteiger partial charge in [0.05, 0.1) is 22.1 Å². The lowest BCUT2D eigenvalue weighted by Gasteiger charge is -2.25. The summed E-state index contributed by atoms with van der Waals surface area (Å²) in [5.41, 5.74) is 18.8. The number of nitrogens with zero attached hydrogens (tertiary/aromatic N) is 2. The first-order valence-electron chi connectivity index (χ1n) is 26.5. The van der Waals surface area contributed by atoms with Gasteiger partial charge in [0.2, 0.25) is 0 Å². The molecule has 13 aromatic carbocycles. The Morgan fingerprint density at radius 3 is 1.67 bits per heavy atom. The van der Waals surface area contributed by atoms with Crippen LogP contribution in [0.4, 0.5) is 0 Å². The second-order valence-corrected chi connectivity index (χ2v) is 21.5. The van der Waals surface area contributed by atoms with E-state index in [1.807, 2.05) is 6.07 Å². The molecule has 0 radical (unpaired) electrons. The predicted octanol–water partition coefficient (Wildman–Crippen LogP) is 20.0. The molecule has 0 fully saturated rings. The quantitative estimate of drug-likeness (QED) is 0.172. The summed E-state index contributed by atoms with van der Waals surface area (Å²) in [7, 11) is 0. The van der Waals surface area contributed by atoms with Crippen molar-refractivity contribution in [1.29, 1.82) is 0 Å². The van der Waals surface area contributed by atoms with E-state index >= 15 is 0 Å². The first-order chi connectivity index (χ1) is 37.5. The van der Waals surface area contributed by atoms with Gasteiger partial charge in [0.1, 0.15) is 11.2 Å². The van der Waals surface area contributed by atoms with E-state index in [1.54, 1.807) is 0 Å². The monoisotopic (exact) mass is 966 g/mol. The van der Waals surface area contributed by atoms with Gasteiger partial charge in [0, 0.05) is 60.6 Å². The van der Waals surface area contributed by atoms with Crippen molar-refractivity contribution >= 4 is 109 Å². The fourth-order valence-corrected chi connectivity index (χ4v) is 13.9. The van der Waals surface area contributed by atoms with Gasteiger partial charge in [-0.15, -0.1) is 0 Å². The average Bonchev–Trinajstić information content (AvgIpc) is 4.41. The SMILES string of the molecule is CC1(C)c2ccccc2-c2c(-c3cccc(-n4c5ccc6ccccc6c5c5ccc6ccccc6c54)c3)ccc(-c3ccc4ccc5c(c4c3)c3c4ccccc4ccc3n5-c3ccc4c(c3)oc3ccccc34)c21.